The van der Waals surface area contributed by atoms with Gasteiger partial charge in [0.2, 0.25) is 0 Å². The van der Waals surface area contributed by atoms with Crippen LogP contribution in [0.2, 0.25) is 0 Å². The van der Waals surface area contributed by atoms with Crippen LogP contribution in [0.3, 0.4) is 0 Å². The molecule has 1 aromatic heterocycles. The summed E-state index contributed by atoms with van der Waals surface area (Å²) in [5.41, 5.74) is 7.65. The first-order chi connectivity index (χ1) is 9.65. The summed E-state index contributed by atoms with van der Waals surface area (Å²) >= 11 is 0. The number of nitrogens with zero attached hydrogens (tertiary/aromatic N) is 2. The second-order valence-corrected chi connectivity index (χ2v) is 5.59. The van der Waals surface area contributed by atoms with Crippen LogP contribution >= 0.6 is 24.8 Å². The Labute approximate surface area is 142 Å². The smallest absolute Gasteiger partial charge is 0.253 e. The van der Waals surface area contributed by atoms with Gasteiger partial charge in [-0.2, -0.15) is 0 Å². The fourth-order valence-corrected chi connectivity index (χ4v) is 2.74. The van der Waals surface area contributed by atoms with Crippen LogP contribution in [-0.4, -0.2) is 34.9 Å². The summed E-state index contributed by atoms with van der Waals surface area (Å²) < 4.78 is 0. The normalized spacial score (nSPS) is 20.9. The van der Waals surface area contributed by atoms with Gasteiger partial charge >= 0.3 is 0 Å². The van der Waals surface area contributed by atoms with E-state index in [-0.39, 0.29) is 36.8 Å². The van der Waals surface area contributed by atoms with Crippen LogP contribution in [-0.2, 0) is 0 Å². The van der Waals surface area contributed by atoms with Gasteiger partial charge in [0.1, 0.15) is 0 Å². The molecule has 2 unspecified atom stereocenters. The maximum absolute atomic E-state index is 12.6. The largest absolute Gasteiger partial charge is 0.338 e. The standard InChI is InChI=1S/C16H19N3O.2ClH/c1-11-10-19(8-6-14(11)17)16(20)13-4-5-15-12(9-13)3-2-7-18-15;;/h2-5,7,9,11,14H,6,8,10,17H2,1H3;2*1H. The maximum Gasteiger partial charge on any atom is 0.253 e. The number of hydrogen-bond acceptors (Lipinski definition) is 3. The highest BCUT2D eigenvalue weighted by atomic mass is 35.5. The highest BCUT2D eigenvalue weighted by Crippen LogP contribution is 2.19. The SMILES string of the molecule is CC1CN(C(=O)c2ccc3ncccc3c2)CCC1N.Cl.Cl. The first kappa shape index (κ1) is 18.7. The molecule has 4 nitrogen and oxygen atoms in total. The minimum absolute atomic E-state index is 0. The Morgan fingerprint density at radius 2 is 2.09 bits per heavy atom. The number of halogens is 2. The molecular formula is C16H21Cl2N3O. The third-order valence-electron chi connectivity index (χ3n) is 4.11. The number of benzene rings is 1. The van der Waals surface area contributed by atoms with E-state index in [2.05, 4.69) is 11.9 Å². The molecule has 0 bridgehead atoms. The summed E-state index contributed by atoms with van der Waals surface area (Å²) in [6.07, 6.45) is 2.64. The molecule has 2 N–H and O–H groups in total. The van der Waals surface area contributed by atoms with Gasteiger partial charge < -0.3 is 10.6 Å². The number of pyridine rings is 1. The summed E-state index contributed by atoms with van der Waals surface area (Å²) in [5.74, 6) is 0.448. The number of amides is 1. The molecule has 0 saturated carbocycles. The lowest BCUT2D eigenvalue weighted by Gasteiger charge is -2.35. The number of carbonyl (C=O) groups excluding carboxylic acids is 1. The Bertz CT molecular complexity index is 650. The molecule has 0 aliphatic carbocycles. The zero-order chi connectivity index (χ0) is 14.1. The van der Waals surface area contributed by atoms with Crippen molar-refractivity contribution in [1.29, 1.82) is 0 Å². The van der Waals surface area contributed by atoms with Crippen molar-refractivity contribution >= 4 is 41.6 Å². The Balaban J connectivity index is 0.00000121. The van der Waals surface area contributed by atoms with E-state index in [1.807, 2.05) is 35.2 Å². The Hall–Kier alpha value is -1.36. The summed E-state index contributed by atoms with van der Waals surface area (Å²) in [7, 11) is 0. The summed E-state index contributed by atoms with van der Waals surface area (Å²) in [4.78, 5) is 18.7. The number of piperidine rings is 1. The lowest BCUT2D eigenvalue weighted by atomic mass is 9.94. The topological polar surface area (TPSA) is 59.2 Å². The summed E-state index contributed by atoms with van der Waals surface area (Å²) in [6, 6.07) is 9.76. The molecule has 2 aromatic rings. The van der Waals surface area contributed by atoms with Crippen molar-refractivity contribution in [1.82, 2.24) is 9.88 Å². The molecule has 1 aromatic carbocycles. The van der Waals surface area contributed by atoms with Crippen molar-refractivity contribution in [2.75, 3.05) is 13.1 Å². The molecular weight excluding hydrogens is 321 g/mol. The second kappa shape index (κ2) is 7.77. The lowest BCUT2D eigenvalue weighted by Crippen LogP contribution is -2.48. The van der Waals surface area contributed by atoms with Crippen molar-refractivity contribution in [3.8, 4) is 0 Å². The van der Waals surface area contributed by atoms with E-state index in [0.29, 0.717) is 5.92 Å². The second-order valence-electron chi connectivity index (χ2n) is 5.59. The zero-order valence-corrected chi connectivity index (χ0v) is 14.1. The molecule has 0 radical (unpaired) electrons. The minimum Gasteiger partial charge on any atom is -0.338 e. The van der Waals surface area contributed by atoms with E-state index in [0.717, 1.165) is 36.0 Å². The molecule has 1 saturated heterocycles. The zero-order valence-electron chi connectivity index (χ0n) is 12.4. The Morgan fingerprint density at radius 3 is 2.82 bits per heavy atom. The van der Waals surface area contributed by atoms with E-state index < -0.39 is 0 Å². The minimum atomic E-state index is 0. The number of rotatable bonds is 1. The van der Waals surface area contributed by atoms with Gasteiger partial charge in [0.15, 0.2) is 0 Å². The van der Waals surface area contributed by atoms with Gasteiger partial charge in [-0.1, -0.05) is 13.0 Å². The Morgan fingerprint density at radius 1 is 1.32 bits per heavy atom. The number of fused-ring (bicyclic) bond motifs is 1. The van der Waals surface area contributed by atoms with Gasteiger partial charge in [-0.3, -0.25) is 9.78 Å². The van der Waals surface area contributed by atoms with Crippen molar-refractivity contribution in [3.63, 3.8) is 0 Å². The van der Waals surface area contributed by atoms with Crippen LogP contribution in [0.4, 0.5) is 0 Å². The van der Waals surface area contributed by atoms with E-state index in [9.17, 15) is 4.79 Å². The van der Waals surface area contributed by atoms with Crippen molar-refractivity contribution in [2.45, 2.75) is 19.4 Å². The third kappa shape index (κ3) is 3.69. The highest BCUT2D eigenvalue weighted by Gasteiger charge is 2.26. The maximum atomic E-state index is 12.6. The van der Waals surface area contributed by atoms with Crippen LogP contribution in [0.25, 0.3) is 10.9 Å². The number of hydrogen-bond donors (Lipinski definition) is 1. The van der Waals surface area contributed by atoms with E-state index in [1.54, 1.807) is 6.20 Å². The van der Waals surface area contributed by atoms with E-state index in [1.165, 1.54) is 0 Å². The van der Waals surface area contributed by atoms with E-state index in [4.69, 9.17) is 5.73 Å². The highest BCUT2D eigenvalue weighted by molar-refractivity contribution is 5.98. The monoisotopic (exact) mass is 341 g/mol. The van der Waals surface area contributed by atoms with Crippen LogP contribution in [0, 0.1) is 5.92 Å². The number of likely N-dealkylation sites (tertiary alicyclic amines) is 1. The fraction of sp³-hybridized carbons (Fsp3) is 0.375. The molecule has 1 aliphatic rings. The van der Waals surface area contributed by atoms with E-state index >= 15 is 0 Å². The number of aromatic nitrogens is 1. The molecule has 3 rings (SSSR count). The predicted molar refractivity (Wildman–Crippen MR) is 93.9 cm³/mol. The third-order valence-corrected chi connectivity index (χ3v) is 4.11. The summed E-state index contributed by atoms with van der Waals surface area (Å²) in [6.45, 7) is 3.59. The van der Waals surface area contributed by atoms with Gasteiger partial charge in [-0.25, -0.2) is 0 Å². The first-order valence-electron chi connectivity index (χ1n) is 7.05. The number of nitrogens with two attached hydrogens (primary N) is 1. The van der Waals surface area contributed by atoms with Crippen molar-refractivity contribution in [3.05, 3.63) is 42.1 Å². The van der Waals surface area contributed by atoms with Gasteiger partial charge in [0.05, 0.1) is 5.52 Å². The van der Waals surface area contributed by atoms with Gasteiger partial charge in [0, 0.05) is 36.3 Å². The van der Waals surface area contributed by atoms with Crippen molar-refractivity contribution < 1.29 is 4.79 Å². The molecule has 1 aliphatic heterocycles. The van der Waals surface area contributed by atoms with Crippen LogP contribution in [0.15, 0.2) is 36.5 Å². The molecule has 1 fully saturated rings. The average molecular weight is 342 g/mol. The average Bonchev–Trinajstić information content (AvgIpc) is 2.49. The number of carbonyl (C=O) groups is 1. The summed E-state index contributed by atoms with van der Waals surface area (Å²) in [5, 5.41) is 1.00. The Kier molecular flexibility index (Phi) is 6.60. The van der Waals surface area contributed by atoms with Gasteiger partial charge in [-0.05, 0) is 36.6 Å². The lowest BCUT2D eigenvalue weighted by molar-refractivity contribution is 0.0664. The molecule has 2 atom stereocenters. The van der Waals surface area contributed by atoms with Crippen LogP contribution in [0.1, 0.15) is 23.7 Å². The molecule has 1 amide bonds. The predicted octanol–water partition coefficient (Wildman–Crippen LogP) is 2.89. The molecule has 120 valence electrons. The first-order valence-corrected chi connectivity index (χ1v) is 7.05. The van der Waals surface area contributed by atoms with Crippen LogP contribution in [0.5, 0.6) is 0 Å². The molecule has 6 heteroatoms. The van der Waals surface area contributed by atoms with Crippen LogP contribution < -0.4 is 5.73 Å². The molecule has 2 heterocycles. The van der Waals surface area contributed by atoms with Gasteiger partial charge in [0.25, 0.3) is 5.91 Å². The van der Waals surface area contributed by atoms with Crippen molar-refractivity contribution in [2.24, 2.45) is 11.7 Å². The van der Waals surface area contributed by atoms with Gasteiger partial charge in [-0.15, -0.1) is 24.8 Å². The molecule has 22 heavy (non-hydrogen) atoms. The fourth-order valence-electron chi connectivity index (χ4n) is 2.74. The quantitative estimate of drug-likeness (QED) is 0.867. The molecule has 0 spiro atoms.